The van der Waals surface area contributed by atoms with Crippen LogP contribution in [0.1, 0.15) is 12.0 Å². The Morgan fingerprint density at radius 2 is 2.14 bits per heavy atom. The van der Waals surface area contributed by atoms with Crippen molar-refractivity contribution >= 4 is 38.6 Å². The van der Waals surface area contributed by atoms with E-state index >= 15 is 0 Å². The number of aromatic nitrogens is 2. The minimum absolute atomic E-state index is 0.0715. The molecular formula is C8H4BrClF2N2. The van der Waals surface area contributed by atoms with Crippen LogP contribution in [0.2, 0.25) is 5.28 Å². The molecule has 0 bridgehead atoms. The molecular weight excluding hydrogens is 277 g/mol. The number of aromatic amines is 1. The number of imidazole rings is 1. The number of rotatable bonds is 1. The Hall–Kier alpha value is -0.680. The van der Waals surface area contributed by atoms with Crippen LogP contribution in [0.4, 0.5) is 8.78 Å². The van der Waals surface area contributed by atoms with Crippen LogP contribution in [-0.4, -0.2) is 9.97 Å². The van der Waals surface area contributed by atoms with Crippen molar-refractivity contribution in [1.29, 1.82) is 0 Å². The first kappa shape index (κ1) is 9.86. The highest BCUT2D eigenvalue weighted by molar-refractivity contribution is 9.10. The van der Waals surface area contributed by atoms with Crippen molar-refractivity contribution in [3.05, 3.63) is 27.5 Å². The molecule has 0 saturated heterocycles. The molecule has 0 fully saturated rings. The maximum atomic E-state index is 12.5. The Morgan fingerprint density at radius 1 is 1.43 bits per heavy atom. The van der Waals surface area contributed by atoms with Crippen molar-refractivity contribution in [3.8, 4) is 0 Å². The van der Waals surface area contributed by atoms with Gasteiger partial charge in [-0.25, -0.2) is 13.8 Å². The van der Waals surface area contributed by atoms with Crippen molar-refractivity contribution in [2.45, 2.75) is 6.43 Å². The van der Waals surface area contributed by atoms with Crippen LogP contribution < -0.4 is 0 Å². The van der Waals surface area contributed by atoms with E-state index in [1.807, 2.05) is 0 Å². The zero-order valence-electron chi connectivity index (χ0n) is 6.69. The molecule has 0 atom stereocenters. The van der Waals surface area contributed by atoms with Gasteiger partial charge in [0.05, 0.1) is 11.0 Å². The summed E-state index contributed by atoms with van der Waals surface area (Å²) in [5, 5.41) is 0.193. The summed E-state index contributed by atoms with van der Waals surface area (Å²) in [6, 6.07) is 2.85. The highest BCUT2D eigenvalue weighted by Crippen LogP contribution is 2.31. The average Bonchev–Trinajstić information content (AvgIpc) is 2.42. The summed E-state index contributed by atoms with van der Waals surface area (Å²) < 4.78 is 25.3. The second-order valence-electron chi connectivity index (χ2n) is 2.72. The molecule has 0 spiro atoms. The average molecular weight is 281 g/mol. The van der Waals surface area contributed by atoms with E-state index in [4.69, 9.17) is 11.6 Å². The molecule has 2 nitrogen and oxygen atoms in total. The lowest BCUT2D eigenvalue weighted by Gasteiger charge is -2.01. The first-order valence-electron chi connectivity index (χ1n) is 3.70. The summed E-state index contributed by atoms with van der Waals surface area (Å²) in [7, 11) is 0. The van der Waals surface area contributed by atoms with E-state index < -0.39 is 6.43 Å². The topological polar surface area (TPSA) is 28.7 Å². The highest BCUT2D eigenvalue weighted by Gasteiger charge is 2.14. The van der Waals surface area contributed by atoms with Crippen LogP contribution in [0.25, 0.3) is 11.0 Å². The Labute approximate surface area is 91.4 Å². The molecule has 0 amide bonds. The summed E-state index contributed by atoms with van der Waals surface area (Å²) >= 11 is 8.65. The first-order valence-corrected chi connectivity index (χ1v) is 4.88. The molecule has 0 saturated carbocycles. The maximum Gasteiger partial charge on any atom is 0.265 e. The van der Waals surface area contributed by atoms with Gasteiger partial charge in [0.15, 0.2) is 0 Å². The third-order valence-electron chi connectivity index (χ3n) is 1.81. The SMILES string of the molecule is FC(F)c1cc2[nH]c(Cl)nc2cc1Br. The van der Waals surface area contributed by atoms with E-state index in [2.05, 4.69) is 25.9 Å². The molecule has 0 radical (unpaired) electrons. The number of benzene rings is 1. The molecule has 0 unspecified atom stereocenters. The van der Waals surface area contributed by atoms with E-state index in [1.54, 1.807) is 0 Å². The van der Waals surface area contributed by atoms with Crippen LogP contribution in [0.3, 0.4) is 0 Å². The molecule has 2 rings (SSSR count). The predicted octanol–water partition coefficient (Wildman–Crippen LogP) is 3.92. The van der Waals surface area contributed by atoms with E-state index in [9.17, 15) is 8.78 Å². The number of hydrogen-bond donors (Lipinski definition) is 1. The fourth-order valence-corrected chi connectivity index (χ4v) is 1.88. The number of nitrogens with one attached hydrogen (secondary N) is 1. The lowest BCUT2D eigenvalue weighted by Crippen LogP contribution is -1.86. The molecule has 0 aliphatic heterocycles. The summed E-state index contributed by atoms with van der Waals surface area (Å²) in [4.78, 5) is 6.59. The molecule has 1 heterocycles. The van der Waals surface area contributed by atoms with Crippen molar-refractivity contribution in [2.75, 3.05) is 0 Å². The van der Waals surface area contributed by atoms with Crippen LogP contribution in [0.15, 0.2) is 16.6 Å². The summed E-state index contributed by atoms with van der Waals surface area (Å²) in [5.41, 5.74) is 0.998. The van der Waals surface area contributed by atoms with Gasteiger partial charge in [-0.1, -0.05) is 15.9 Å². The zero-order valence-corrected chi connectivity index (χ0v) is 9.03. The van der Waals surface area contributed by atoms with Gasteiger partial charge >= 0.3 is 0 Å². The number of alkyl halides is 2. The van der Waals surface area contributed by atoms with Crippen molar-refractivity contribution in [2.24, 2.45) is 0 Å². The molecule has 2 aromatic rings. The third kappa shape index (κ3) is 1.62. The highest BCUT2D eigenvalue weighted by atomic mass is 79.9. The van der Waals surface area contributed by atoms with Crippen molar-refractivity contribution < 1.29 is 8.78 Å². The van der Waals surface area contributed by atoms with Gasteiger partial charge in [-0.15, -0.1) is 0 Å². The van der Waals surface area contributed by atoms with E-state index in [0.29, 0.717) is 15.5 Å². The number of H-pyrrole nitrogens is 1. The van der Waals surface area contributed by atoms with Crippen molar-refractivity contribution in [3.63, 3.8) is 0 Å². The monoisotopic (exact) mass is 280 g/mol. The van der Waals surface area contributed by atoms with Gasteiger partial charge in [0, 0.05) is 10.0 Å². The van der Waals surface area contributed by atoms with Gasteiger partial charge in [-0.2, -0.15) is 0 Å². The molecule has 0 aliphatic carbocycles. The van der Waals surface area contributed by atoms with Crippen LogP contribution in [-0.2, 0) is 0 Å². The minimum Gasteiger partial charge on any atom is -0.329 e. The molecule has 0 aliphatic rings. The van der Waals surface area contributed by atoms with E-state index in [-0.39, 0.29) is 10.8 Å². The standard InChI is InChI=1S/C8H4BrClF2N2/c9-4-2-6-5(13-8(10)14-6)1-3(4)7(11)12/h1-2,7H,(H,13,14). The Bertz CT molecular complexity index is 483. The Balaban J connectivity index is 2.70. The summed E-state index contributed by atoms with van der Waals surface area (Å²) in [5.74, 6) is 0. The third-order valence-corrected chi connectivity index (χ3v) is 2.67. The quantitative estimate of drug-likeness (QED) is 0.843. The molecule has 6 heteroatoms. The summed E-state index contributed by atoms with van der Waals surface area (Å²) in [6.07, 6.45) is -2.52. The van der Waals surface area contributed by atoms with Gasteiger partial charge in [0.1, 0.15) is 0 Å². The van der Waals surface area contributed by atoms with Gasteiger partial charge < -0.3 is 4.98 Å². The number of hydrogen-bond acceptors (Lipinski definition) is 1. The second kappa shape index (κ2) is 3.47. The predicted molar refractivity (Wildman–Crippen MR) is 53.8 cm³/mol. The van der Waals surface area contributed by atoms with Gasteiger partial charge in [0.2, 0.25) is 5.28 Å². The zero-order chi connectivity index (χ0) is 10.3. The normalized spacial score (nSPS) is 11.5. The lowest BCUT2D eigenvalue weighted by atomic mass is 10.2. The fraction of sp³-hybridized carbons (Fsp3) is 0.125. The Morgan fingerprint density at radius 3 is 2.79 bits per heavy atom. The van der Waals surface area contributed by atoms with Crippen LogP contribution in [0, 0.1) is 0 Å². The number of nitrogens with zero attached hydrogens (tertiary/aromatic N) is 1. The number of halogens is 4. The largest absolute Gasteiger partial charge is 0.329 e. The lowest BCUT2D eigenvalue weighted by molar-refractivity contribution is 0.150. The van der Waals surface area contributed by atoms with Gasteiger partial charge in [-0.05, 0) is 23.7 Å². The van der Waals surface area contributed by atoms with Gasteiger partial charge in [0.25, 0.3) is 6.43 Å². The van der Waals surface area contributed by atoms with Crippen LogP contribution in [0.5, 0.6) is 0 Å². The molecule has 1 aromatic heterocycles. The molecule has 1 N–H and O–H groups in total. The van der Waals surface area contributed by atoms with E-state index in [1.165, 1.54) is 12.1 Å². The smallest absolute Gasteiger partial charge is 0.265 e. The second-order valence-corrected chi connectivity index (χ2v) is 3.93. The van der Waals surface area contributed by atoms with Crippen LogP contribution >= 0.6 is 27.5 Å². The Kier molecular flexibility index (Phi) is 2.45. The van der Waals surface area contributed by atoms with Crippen molar-refractivity contribution in [1.82, 2.24) is 9.97 Å². The first-order chi connectivity index (χ1) is 6.58. The van der Waals surface area contributed by atoms with Gasteiger partial charge in [-0.3, -0.25) is 0 Å². The molecule has 1 aromatic carbocycles. The minimum atomic E-state index is -2.52. The summed E-state index contributed by atoms with van der Waals surface area (Å²) in [6.45, 7) is 0. The fourth-order valence-electron chi connectivity index (χ4n) is 1.18. The number of fused-ring (bicyclic) bond motifs is 1. The maximum absolute atomic E-state index is 12.5. The molecule has 74 valence electrons. The van der Waals surface area contributed by atoms with E-state index in [0.717, 1.165) is 0 Å². The molecule has 14 heavy (non-hydrogen) atoms.